The zero-order valence-corrected chi connectivity index (χ0v) is 31.1. The Balaban J connectivity index is 1.73. The molecular weight excluding hydrogens is 674 g/mol. The van der Waals surface area contributed by atoms with E-state index < -0.39 is 64.5 Å². The molecule has 1 fully saturated rings. The molecule has 0 aliphatic carbocycles. The van der Waals surface area contributed by atoms with E-state index in [9.17, 15) is 24.0 Å². The number of oxime groups is 1. The molecule has 3 rings (SSSR count). The lowest BCUT2D eigenvalue weighted by Crippen LogP contribution is -2.70. The number of rotatable bonds is 12. The van der Waals surface area contributed by atoms with E-state index in [1.807, 2.05) is 0 Å². The van der Waals surface area contributed by atoms with Gasteiger partial charge in [-0.3, -0.25) is 19.6 Å². The summed E-state index contributed by atoms with van der Waals surface area (Å²) < 4.78 is 17.4. The normalized spacial score (nSPS) is 16.8. The fourth-order valence-electron chi connectivity index (χ4n) is 3.97. The first-order valence-electron chi connectivity index (χ1n) is 15.8. The number of carbonyl (C=O) groups is 5. The third-order valence-corrected chi connectivity index (χ3v) is 6.91. The van der Waals surface area contributed by atoms with Crippen LogP contribution in [-0.4, -0.2) is 96.7 Å². The molecule has 19 heteroatoms. The van der Waals surface area contributed by atoms with Crippen LogP contribution in [-0.2, 0) is 46.4 Å². The van der Waals surface area contributed by atoms with Gasteiger partial charge in [-0.2, -0.15) is 0 Å². The Labute approximate surface area is 294 Å². The van der Waals surface area contributed by atoms with Gasteiger partial charge in [-0.05, 0) is 76.2 Å². The van der Waals surface area contributed by atoms with E-state index in [1.54, 1.807) is 68.5 Å². The standard InChI is InChI=1S/C31H47N9O9S/c1-28(2,3)46-24(43)31(10,11)49-38-21(19-16-50-25(34-19)36-27(45)48-30(7,8)9)23(42)35-20-18(33-22(20)41)14-17-15-40(39-37-17)13-12-32-26(44)47-29(4,5)6/h15-16,18,20H,12-14H2,1-11H3,(H,32,44)(H,33,41)(H,35,42)(H,34,36,45)/b38-21+/t18-,20+/m1/s1. The number of amides is 4. The van der Waals surface area contributed by atoms with Crippen LogP contribution in [0, 0.1) is 0 Å². The van der Waals surface area contributed by atoms with E-state index in [2.05, 4.69) is 41.7 Å². The van der Waals surface area contributed by atoms with Crippen molar-refractivity contribution >= 4 is 52.2 Å². The molecule has 0 aromatic carbocycles. The molecule has 4 N–H and O–H groups in total. The van der Waals surface area contributed by atoms with Gasteiger partial charge in [0.25, 0.3) is 5.91 Å². The van der Waals surface area contributed by atoms with Gasteiger partial charge in [0.1, 0.15) is 28.5 Å². The van der Waals surface area contributed by atoms with E-state index in [0.717, 1.165) is 11.3 Å². The van der Waals surface area contributed by atoms with E-state index in [-0.39, 0.29) is 29.5 Å². The molecule has 0 bridgehead atoms. The molecule has 1 aliphatic heterocycles. The smallest absolute Gasteiger partial charge is 0.413 e. The summed E-state index contributed by atoms with van der Waals surface area (Å²) in [4.78, 5) is 73.0. The number of carbonyl (C=O) groups excluding carboxylic acids is 5. The molecule has 0 saturated carbocycles. The fraction of sp³-hybridized carbons (Fsp3) is 0.645. The lowest BCUT2D eigenvalue weighted by Gasteiger charge is -2.36. The van der Waals surface area contributed by atoms with Crippen molar-refractivity contribution in [2.75, 3.05) is 11.9 Å². The molecule has 276 valence electrons. The average molecular weight is 722 g/mol. The molecule has 0 spiro atoms. The van der Waals surface area contributed by atoms with Gasteiger partial charge in [0.2, 0.25) is 11.5 Å². The highest BCUT2D eigenvalue weighted by atomic mass is 32.1. The molecule has 1 saturated heterocycles. The maximum Gasteiger partial charge on any atom is 0.413 e. The van der Waals surface area contributed by atoms with Crippen LogP contribution in [0.5, 0.6) is 0 Å². The van der Waals surface area contributed by atoms with Crippen molar-refractivity contribution in [2.24, 2.45) is 5.16 Å². The minimum atomic E-state index is -1.61. The van der Waals surface area contributed by atoms with E-state index in [4.69, 9.17) is 19.0 Å². The zero-order valence-electron chi connectivity index (χ0n) is 30.2. The lowest BCUT2D eigenvalue weighted by atomic mass is 9.94. The topological polar surface area (TPSA) is 226 Å². The number of β-lactam (4-membered cyclic amide) rings is 1. The van der Waals surface area contributed by atoms with E-state index in [1.165, 1.54) is 23.9 Å². The Bertz CT molecular complexity index is 1600. The Morgan fingerprint density at radius 3 is 2.16 bits per heavy atom. The minimum absolute atomic E-state index is 0.00207. The molecule has 50 heavy (non-hydrogen) atoms. The first-order valence-corrected chi connectivity index (χ1v) is 16.7. The first kappa shape index (κ1) is 39.6. The Kier molecular flexibility index (Phi) is 12.2. The Hall–Kier alpha value is -4.81. The molecule has 18 nitrogen and oxygen atoms in total. The average Bonchev–Trinajstić information content (AvgIpc) is 3.58. The third-order valence-electron chi connectivity index (χ3n) is 6.15. The molecule has 0 unspecified atom stereocenters. The number of nitrogens with zero attached hydrogens (tertiary/aromatic N) is 5. The maximum absolute atomic E-state index is 13.6. The summed E-state index contributed by atoms with van der Waals surface area (Å²) in [6.07, 6.45) is 0.580. The monoisotopic (exact) mass is 721 g/mol. The Morgan fingerprint density at radius 2 is 1.56 bits per heavy atom. The highest BCUT2D eigenvalue weighted by Gasteiger charge is 2.42. The molecule has 1 aliphatic rings. The molecule has 3 heterocycles. The van der Waals surface area contributed by atoms with Gasteiger partial charge in [-0.1, -0.05) is 10.4 Å². The summed E-state index contributed by atoms with van der Waals surface area (Å²) >= 11 is 0.992. The second-order valence-electron chi connectivity index (χ2n) is 14.9. The summed E-state index contributed by atoms with van der Waals surface area (Å²) in [5.74, 6) is -2.01. The highest BCUT2D eigenvalue weighted by molar-refractivity contribution is 7.14. The number of ether oxygens (including phenoxy) is 3. The summed E-state index contributed by atoms with van der Waals surface area (Å²) in [5.41, 5.74) is -3.65. The van der Waals surface area contributed by atoms with Crippen molar-refractivity contribution in [3.8, 4) is 0 Å². The number of esters is 1. The highest BCUT2D eigenvalue weighted by Crippen LogP contribution is 2.22. The number of anilines is 1. The van der Waals surface area contributed by atoms with Gasteiger partial charge in [-0.15, -0.1) is 16.4 Å². The summed E-state index contributed by atoms with van der Waals surface area (Å²) in [6, 6.07) is -1.53. The van der Waals surface area contributed by atoms with Crippen LogP contribution in [0.25, 0.3) is 0 Å². The number of nitrogens with one attached hydrogen (secondary N) is 4. The summed E-state index contributed by atoms with van der Waals surface area (Å²) in [7, 11) is 0. The van der Waals surface area contributed by atoms with Crippen LogP contribution < -0.4 is 21.3 Å². The number of alkyl carbamates (subject to hydrolysis) is 1. The van der Waals surface area contributed by atoms with Crippen LogP contribution >= 0.6 is 11.3 Å². The van der Waals surface area contributed by atoms with E-state index in [0.29, 0.717) is 12.2 Å². The fourth-order valence-corrected chi connectivity index (χ4v) is 4.65. The molecule has 0 radical (unpaired) electrons. The van der Waals surface area contributed by atoms with Crippen molar-refractivity contribution in [1.29, 1.82) is 0 Å². The van der Waals surface area contributed by atoms with Crippen molar-refractivity contribution in [3.05, 3.63) is 23.0 Å². The van der Waals surface area contributed by atoms with Gasteiger partial charge in [0, 0.05) is 24.5 Å². The zero-order chi connectivity index (χ0) is 37.7. The second-order valence-corrected chi connectivity index (χ2v) is 15.7. The second kappa shape index (κ2) is 15.4. The molecule has 4 amide bonds. The molecular formula is C31H47N9O9S. The van der Waals surface area contributed by atoms with Crippen LogP contribution in [0.1, 0.15) is 87.5 Å². The van der Waals surface area contributed by atoms with Crippen molar-refractivity contribution < 1.29 is 43.0 Å². The summed E-state index contributed by atoms with van der Waals surface area (Å²) in [6.45, 7) is 18.9. The largest absolute Gasteiger partial charge is 0.457 e. The first-order chi connectivity index (χ1) is 22.9. The van der Waals surface area contributed by atoms with Gasteiger partial charge in [0.05, 0.1) is 18.3 Å². The molecule has 2 aromatic heterocycles. The number of thiazole rings is 1. The quantitative estimate of drug-likeness (QED) is 0.0816. The minimum Gasteiger partial charge on any atom is -0.457 e. The number of aromatic nitrogens is 4. The Morgan fingerprint density at radius 1 is 0.940 bits per heavy atom. The van der Waals surface area contributed by atoms with Gasteiger partial charge >= 0.3 is 18.2 Å². The number of hydrogen-bond donors (Lipinski definition) is 4. The maximum atomic E-state index is 13.6. The van der Waals surface area contributed by atoms with Gasteiger partial charge in [-0.25, -0.2) is 19.4 Å². The van der Waals surface area contributed by atoms with Crippen molar-refractivity contribution in [2.45, 2.75) is 124 Å². The lowest BCUT2D eigenvalue weighted by molar-refractivity contribution is -0.179. The van der Waals surface area contributed by atoms with Crippen molar-refractivity contribution in [3.63, 3.8) is 0 Å². The number of hydrogen-bond acceptors (Lipinski definition) is 14. The predicted octanol–water partition coefficient (Wildman–Crippen LogP) is 2.67. The van der Waals surface area contributed by atoms with Gasteiger partial charge in [0.15, 0.2) is 10.8 Å². The molecule has 2 aromatic rings. The van der Waals surface area contributed by atoms with Gasteiger partial charge < -0.3 is 35.0 Å². The van der Waals surface area contributed by atoms with Crippen LogP contribution in [0.3, 0.4) is 0 Å². The summed E-state index contributed by atoms with van der Waals surface area (Å²) in [5, 5.41) is 24.2. The van der Waals surface area contributed by atoms with Crippen LogP contribution in [0.4, 0.5) is 14.7 Å². The predicted molar refractivity (Wildman–Crippen MR) is 181 cm³/mol. The van der Waals surface area contributed by atoms with Crippen LogP contribution in [0.15, 0.2) is 16.7 Å². The van der Waals surface area contributed by atoms with Crippen molar-refractivity contribution in [1.82, 2.24) is 35.9 Å². The van der Waals surface area contributed by atoms with E-state index >= 15 is 0 Å². The third kappa shape index (κ3) is 12.6. The SMILES string of the molecule is CC(C)(C)OC(=O)NCCn1cc(C[C@H]2NC(=O)[C@H]2NC(=O)/C(=N/OC(C)(C)C(=O)OC(C)(C)C)c2csc(NC(=O)OC(C)(C)C)n2)nn1. The van der Waals surface area contributed by atoms with Crippen LogP contribution in [0.2, 0.25) is 0 Å². The molecule has 2 atom stereocenters.